The molecule has 11 heavy (non-hydrogen) atoms. The van der Waals surface area contributed by atoms with Gasteiger partial charge in [0.2, 0.25) is 0 Å². The molecule has 4 nitrogen and oxygen atoms in total. The fourth-order valence-electron chi connectivity index (χ4n) is 0.301. The van der Waals surface area contributed by atoms with Crippen LogP contribution in [0.2, 0.25) is 0 Å². The molecule has 0 radical (unpaired) electrons. The van der Waals surface area contributed by atoms with E-state index < -0.39 is 11.6 Å². The van der Waals surface area contributed by atoms with Gasteiger partial charge in [0, 0.05) is 0 Å². The molecule has 4 N–H and O–H groups in total. The van der Waals surface area contributed by atoms with Crippen molar-refractivity contribution in [2.75, 3.05) is 0 Å². The molecule has 0 aromatic carbocycles. The van der Waals surface area contributed by atoms with Crippen LogP contribution in [0.25, 0.3) is 0 Å². The Labute approximate surface area is 73.0 Å². The van der Waals surface area contributed by atoms with Gasteiger partial charge < -0.3 is 5.73 Å². The van der Waals surface area contributed by atoms with E-state index in [1.165, 1.54) is 0 Å². The molecule has 0 fully saturated rings. The molecule has 0 rings (SSSR count). The zero-order valence-corrected chi connectivity index (χ0v) is 6.83. The quantitative estimate of drug-likeness (QED) is 0.570. The number of carbonyl (C=O) groups is 1. The number of allylic oxidation sites excluding steroid dienone is 1. The molecule has 0 aliphatic heterocycles. The predicted molar refractivity (Wildman–Crippen MR) is 44.4 cm³/mol. The SMILES string of the molecule is N=C(Cl)/C=C(/Cl)C(=N)C(N)=O. The largest absolute Gasteiger partial charge is 0.364 e. The maximum Gasteiger partial charge on any atom is 0.268 e. The summed E-state index contributed by atoms with van der Waals surface area (Å²) in [6, 6.07) is 0. The van der Waals surface area contributed by atoms with Gasteiger partial charge in [0.15, 0.2) is 0 Å². The third-order valence-corrected chi connectivity index (χ3v) is 1.15. The van der Waals surface area contributed by atoms with E-state index in [0.717, 1.165) is 6.08 Å². The Morgan fingerprint density at radius 2 is 1.82 bits per heavy atom. The third-order valence-electron chi connectivity index (χ3n) is 0.739. The number of primary amides is 1. The highest BCUT2D eigenvalue weighted by molar-refractivity contribution is 6.69. The van der Waals surface area contributed by atoms with Gasteiger partial charge in [0.1, 0.15) is 10.9 Å². The van der Waals surface area contributed by atoms with Crippen LogP contribution in [-0.4, -0.2) is 16.8 Å². The van der Waals surface area contributed by atoms with Gasteiger partial charge in [-0.1, -0.05) is 23.2 Å². The summed E-state index contributed by atoms with van der Waals surface area (Å²) in [5.41, 5.74) is 4.15. The standard InChI is InChI=1S/C5H5Cl2N3O/c6-2(1-3(7)8)4(9)5(10)11/h1,8-9H,(H2,10,11)/b2-1+,8-3?,9-4?. The van der Waals surface area contributed by atoms with Gasteiger partial charge in [-0.05, 0) is 6.08 Å². The molecule has 1 amide bonds. The van der Waals surface area contributed by atoms with E-state index in [4.69, 9.17) is 39.8 Å². The topological polar surface area (TPSA) is 90.8 Å². The minimum absolute atomic E-state index is 0.238. The molecule has 0 saturated heterocycles. The van der Waals surface area contributed by atoms with E-state index in [-0.39, 0.29) is 10.2 Å². The lowest BCUT2D eigenvalue weighted by Gasteiger charge is -1.93. The molecule has 60 valence electrons. The van der Waals surface area contributed by atoms with E-state index in [9.17, 15) is 4.79 Å². The Hall–Kier alpha value is -0.870. The maximum absolute atomic E-state index is 10.3. The Morgan fingerprint density at radius 3 is 2.09 bits per heavy atom. The lowest BCUT2D eigenvalue weighted by Crippen LogP contribution is -2.22. The van der Waals surface area contributed by atoms with Crippen molar-refractivity contribution in [1.29, 1.82) is 10.8 Å². The Morgan fingerprint density at radius 1 is 1.36 bits per heavy atom. The van der Waals surface area contributed by atoms with Crippen molar-refractivity contribution in [3.8, 4) is 0 Å². The fraction of sp³-hybridized carbons (Fsp3) is 0. The van der Waals surface area contributed by atoms with Crippen LogP contribution in [0.1, 0.15) is 0 Å². The second-order valence-electron chi connectivity index (χ2n) is 1.58. The molecule has 0 aromatic heterocycles. The minimum atomic E-state index is -0.954. The summed E-state index contributed by atoms with van der Waals surface area (Å²) in [4.78, 5) is 10.3. The zero-order valence-electron chi connectivity index (χ0n) is 5.32. The van der Waals surface area contributed by atoms with Crippen LogP contribution >= 0.6 is 23.2 Å². The molecule has 6 heteroatoms. The van der Waals surface area contributed by atoms with E-state index in [2.05, 4.69) is 0 Å². The maximum atomic E-state index is 10.3. The normalized spacial score (nSPS) is 10.9. The number of nitrogens with one attached hydrogen (secondary N) is 2. The minimum Gasteiger partial charge on any atom is -0.364 e. The Bertz CT molecular complexity index is 246. The summed E-state index contributed by atoms with van der Waals surface area (Å²) in [5.74, 6) is -0.954. The highest BCUT2D eigenvalue weighted by Crippen LogP contribution is 2.03. The van der Waals surface area contributed by atoms with Crippen molar-refractivity contribution in [2.24, 2.45) is 5.73 Å². The lowest BCUT2D eigenvalue weighted by atomic mass is 10.3. The monoisotopic (exact) mass is 193 g/mol. The summed E-state index contributed by atoms with van der Waals surface area (Å²) < 4.78 is 0. The van der Waals surface area contributed by atoms with E-state index in [1.54, 1.807) is 0 Å². The number of nitrogens with two attached hydrogens (primary N) is 1. The number of hydrogen-bond donors (Lipinski definition) is 3. The zero-order chi connectivity index (χ0) is 9.02. The third kappa shape index (κ3) is 3.75. The molecule has 0 heterocycles. The molecule has 0 aliphatic carbocycles. The van der Waals surface area contributed by atoms with Crippen LogP contribution in [0.4, 0.5) is 0 Å². The van der Waals surface area contributed by atoms with Crippen molar-refractivity contribution >= 4 is 40.0 Å². The summed E-state index contributed by atoms with van der Waals surface area (Å²) in [7, 11) is 0. The van der Waals surface area contributed by atoms with Crippen LogP contribution in [0, 0.1) is 10.8 Å². The van der Waals surface area contributed by atoms with Gasteiger partial charge in [-0.3, -0.25) is 15.6 Å². The van der Waals surface area contributed by atoms with Gasteiger partial charge >= 0.3 is 0 Å². The van der Waals surface area contributed by atoms with Gasteiger partial charge in [0.25, 0.3) is 5.91 Å². The number of rotatable bonds is 3. The fourth-order valence-corrected chi connectivity index (χ4v) is 0.668. The van der Waals surface area contributed by atoms with Crippen LogP contribution in [0.15, 0.2) is 11.1 Å². The van der Waals surface area contributed by atoms with Crippen molar-refractivity contribution in [3.05, 3.63) is 11.1 Å². The number of amides is 1. The van der Waals surface area contributed by atoms with Crippen molar-refractivity contribution in [3.63, 3.8) is 0 Å². The first-order valence-corrected chi connectivity index (χ1v) is 3.20. The molecule has 0 unspecified atom stereocenters. The summed E-state index contributed by atoms with van der Waals surface area (Å²) in [5, 5.41) is 13.0. The molecular formula is C5H5Cl2N3O. The van der Waals surface area contributed by atoms with E-state index >= 15 is 0 Å². The highest BCUT2D eigenvalue weighted by atomic mass is 35.5. The van der Waals surface area contributed by atoms with Crippen LogP contribution in [0.3, 0.4) is 0 Å². The first kappa shape index (κ1) is 10.1. The summed E-state index contributed by atoms with van der Waals surface area (Å²) in [6.45, 7) is 0. The highest BCUT2D eigenvalue weighted by Gasteiger charge is 2.08. The van der Waals surface area contributed by atoms with Gasteiger partial charge in [0.05, 0.1) is 5.03 Å². The van der Waals surface area contributed by atoms with E-state index in [1.807, 2.05) is 0 Å². The predicted octanol–water partition coefficient (Wildman–Crippen LogP) is 0.830. The van der Waals surface area contributed by atoms with Crippen molar-refractivity contribution in [1.82, 2.24) is 0 Å². The summed E-state index contributed by atoms with van der Waals surface area (Å²) in [6.07, 6.45) is 0.955. The van der Waals surface area contributed by atoms with Crippen LogP contribution < -0.4 is 5.73 Å². The average Bonchev–Trinajstić information content (AvgIpc) is 1.84. The lowest BCUT2D eigenvalue weighted by molar-refractivity contribution is -0.112. The van der Waals surface area contributed by atoms with Crippen molar-refractivity contribution < 1.29 is 4.79 Å². The first-order chi connectivity index (χ1) is 4.95. The molecule has 0 spiro atoms. The second-order valence-corrected chi connectivity index (χ2v) is 2.39. The van der Waals surface area contributed by atoms with Crippen LogP contribution in [-0.2, 0) is 4.79 Å². The smallest absolute Gasteiger partial charge is 0.268 e. The first-order valence-electron chi connectivity index (χ1n) is 2.45. The molecular weight excluding hydrogens is 189 g/mol. The van der Waals surface area contributed by atoms with Gasteiger partial charge in [-0.2, -0.15) is 0 Å². The molecule has 0 saturated carbocycles. The molecule has 0 atom stereocenters. The number of halogens is 2. The van der Waals surface area contributed by atoms with Crippen molar-refractivity contribution in [2.45, 2.75) is 0 Å². The molecule has 0 aliphatic rings. The summed E-state index contributed by atoms with van der Waals surface area (Å²) >= 11 is 10.4. The Kier molecular flexibility index (Phi) is 3.78. The Balaban J connectivity index is 4.49. The average molecular weight is 194 g/mol. The van der Waals surface area contributed by atoms with Crippen LogP contribution in [0.5, 0.6) is 0 Å². The molecule has 0 bridgehead atoms. The van der Waals surface area contributed by atoms with E-state index in [0.29, 0.717) is 0 Å². The number of carbonyl (C=O) groups excluding carboxylic acids is 1. The van der Waals surface area contributed by atoms with Gasteiger partial charge in [-0.15, -0.1) is 0 Å². The second kappa shape index (κ2) is 4.10. The number of hydrogen-bond acceptors (Lipinski definition) is 3. The molecule has 0 aromatic rings. The van der Waals surface area contributed by atoms with Gasteiger partial charge in [-0.25, -0.2) is 0 Å².